The van der Waals surface area contributed by atoms with E-state index in [2.05, 4.69) is 84.9 Å². The van der Waals surface area contributed by atoms with Crippen molar-refractivity contribution in [3.05, 3.63) is 96.1 Å². The molecule has 0 spiro atoms. The zero-order chi connectivity index (χ0) is 19.3. The van der Waals surface area contributed by atoms with Crippen molar-refractivity contribution < 1.29 is 9.47 Å². The molecule has 4 aromatic carbocycles. The van der Waals surface area contributed by atoms with Gasteiger partial charge in [0.25, 0.3) is 0 Å². The predicted molar refractivity (Wildman–Crippen MR) is 117 cm³/mol. The lowest BCUT2D eigenvalue weighted by Gasteiger charge is -2.31. The van der Waals surface area contributed by atoms with Crippen molar-refractivity contribution in [2.24, 2.45) is 0 Å². The Balaban J connectivity index is 1.66. The average molecular weight is 380 g/mol. The van der Waals surface area contributed by atoms with Crippen LogP contribution in [-0.2, 0) is 15.3 Å². The van der Waals surface area contributed by atoms with Gasteiger partial charge in [-0.1, -0.05) is 97.8 Å². The highest BCUT2D eigenvalue weighted by Gasteiger charge is 2.51. The second-order valence-corrected chi connectivity index (χ2v) is 8.27. The molecule has 1 saturated carbocycles. The van der Waals surface area contributed by atoms with Gasteiger partial charge in [-0.3, -0.25) is 0 Å². The molecule has 2 atom stereocenters. The van der Waals surface area contributed by atoms with E-state index in [0.717, 1.165) is 24.0 Å². The first-order chi connectivity index (χ1) is 14.4. The van der Waals surface area contributed by atoms with Crippen molar-refractivity contribution in [1.29, 1.82) is 0 Å². The molecule has 2 aliphatic rings. The number of ether oxygens (including phenoxy) is 2. The molecule has 0 amide bonds. The van der Waals surface area contributed by atoms with Crippen LogP contribution in [0.5, 0.6) is 0 Å². The Morgan fingerprint density at radius 1 is 0.552 bits per heavy atom. The van der Waals surface area contributed by atoms with Gasteiger partial charge in [-0.15, -0.1) is 0 Å². The average Bonchev–Trinajstić information content (AvgIpc) is 3.19. The maximum Gasteiger partial charge on any atom is 0.224 e. The summed E-state index contributed by atoms with van der Waals surface area (Å²) in [5.41, 5.74) is 2.22. The van der Waals surface area contributed by atoms with E-state index in [1.54, 1.807) is 0 Å². The van der Waals surface area contributed by atoms with Gasteiger partial charge in [-0.2, -0.15) is 0 Å². The summed E-state index contributed by atoms with van der Waals surface area (Å²) in [6, 6.07) is 30.0. The van der Waals surface area contributed by atoms with Crippen molar-refractivity contribution in [1.82, 2.24) is 0 Å². The van der Waals surface area contributed by atoms with Crippen LogP contribution in [0.15, 0.2) is 84.9 Å². The van der Waals surface area contributed by atoms with Gasteiger partial charge < -0.3 is 9.47 Å². The molecule has 1 aliphatic carbocycles. The third kappa shape index (κ3) is 2.63. The van der Waals surface area contributed by atoms with Crippen molar-refractivity contribution in [3.8, 4) is 0 Å². The summed E-state index contributed by atoms with van der Waals surface area (Å²) >= 11 is 0. The molecule has 6 rings (SSSR count). The van der Waals surface area contributed by atoms with Crippen LogP contribution in [0.3, 0.4) is 0 Å². The molecule has 2 nitrogen and oxygen atoms in total. The van der Waals surface area contributed by atoms with Crippen LogP contribution in [0.1, 0.15) is 36.8 Å². The zero-order valence-electron chi connectivity index (χ0n) is 16.4. The minimum absolute atomic E-state index is 0.154. The Kier molecular flexibility index (Phi) is 3.97. The molecule has 2 fully saturated rings. The number of hydrogen-bond acceptors (Lipinski definition) is 2. The fourth-order valence-electron chi connectivity index (χ4n) is 5.21. The highest BCUT2D eigenvalue weighted by atomic mass is 16.8. The molecule has 1 heterocycles. The maximum atomic E-state index is 6.92. The largest absolute Gasteiger partial charge is 0.336 e. The number of benzene rings is 4. The lowest BCUT2D eigenvalue weighted by Crippen LogP contribution is -2.30. The first-order valence-electron chi connectivity index (χ1n) is 10.7. The molecular formula is C27H24O2. The normalized spacial score (nSPS) is 23.3. The first-order valence-corrected chi connectivity index (χ1v) is 10.7. The highest BCUT2D eigenvalue weighted by Crippen LogP contribution is 2.50. The summed E-state index contributed by atoms with van der Waals surface area (Å²) in [4.78, 5) is 0. The molecule has 4 aromatic rings. The van der Waals surface area contributed by atoms with E-state index in [1.165, 1.54) is 34.4 Å². The fraction of sp³-hybridized carbons (Fsp3) is 0.259. The summed E-state index contributed by atoms with van der Waals surface area (Å²) in [5.74, 6) is -0.874. The van der Waals surface area contributed by atoms with Gasteiger partial charge in [-0.05, 0) is 34.4 Å². The third-order valence-corrected chi connectivity index (χ3v) is 6.57. The van der Waals surface area contributed by atoms with Crippen LogP contribution in [0.25, 0.3) is 21.5 Å². The number of rotatable bonds is 2. The highest BCUT2D eigenvalue weighted by molar-refractivity contribution is 5.90. The Hall–Kier alpha value is -2.68. The van der Waals surface area contributed by atoms with E-state index in [0.29, 0.717) is 0 Å². The van der Waals surface area contributed by atoms with Gasteiger partial charge in [0.15, 0.2) is 0 Å². The van der Waals surface area contributed by atoms with Crippen LogP contribution in [-0.4, -0.2) is 12.2 Å². The van der Waals surface area contributed by atoms with Crippen LogP contribution in [0, 0.1) is 0 Å². The molecule has 1 aliphatic heterocycles. The van der Waals surface area contributed by atoms with E-state index in [9.17, 15) is 0 Å². The third-order valence-electron chi connectivity index (χ3n) is 6.57. The molecule has 0 aromatic heterocycles. The predicted octanol–water partition coefficient (Wildman–Crippen LogP) is 6.55. The van der Waals surface area contributed by atoms with Crippen molar-refractivity contribution in [2.75, 3.05) is 0 Å². The number of hydrogen-bond donors (Lipinski definition) is 0. The fourth-order valence-corrected chi connectivity index (χ4v) is 5.21. The minimum Gasteiger partial charge on any atom is -0.336 e. The molecule has 2 heteroatoms. The van der Waals surface area contributed by atoms with Gasteiger partial charge in [-0.25, -0.2) is 0 Å². The summed E-state index contributed by atoms with van der Waals surface area (Å²) in [7, 11) is 0. The molecule has 0 bridgehead atoms. The molecule has 1 saturated heterocycles. The molecule has 144 valence electrons. The molecule has 0 N–H and O–H groups in total. The summed E-state index contributed by atoms with van der Waals surface area (Å²) in [6.45, 7) is 0. The van der Waals surface area contributed by atoms with Gasteiger partial charge >= 0.3 is 0 Å². The molecule has 0 radical (unpaired) electrons. The second kappa shape index (κ2) is 6.69. The van der Waals surface area contributed by atoms with Crippen LogP contribution in [0.2, 0.25) is 0 Å². The lowest BCUT2D eigenvalue weighted by molar-refractivity contribution is -0.147. The van der Waals surface area contributed by atoms with Crippen LogP contribution >= 0.6 is 0 Å². The van der Waals surface area contributed by atoms with Gasteiger partial charge in [0.1, 0.15) is 0 Å². The second-order valence-electron chi connectivity index (χ2n) is 8.27. The van der Waals surface area contributed by atoms with Crippen molar-refractivity contribution in [2.45, 2.75) is 43.7 Å². The Morgan fingerprint density at radius 2 is 1.00 bits per heavy atom. The van der Waals surface area contributed by atoms with E-state index in [-0.39, 0.29) is 12.2 Å². The zero-order valence-corrected chi connectivity index (χ0v) is 16.4. The standard InChI is InChI=1S/C27H24O2/c1-3-13-21-19(9-1)11-7-15-23(21)27(28-25-17-5-6-18-26(25)29-27)24-16-8-12-20-10-2-4-14-22(20)24/h1-4,7-16,25-26H,5-6,17-18H2/t25-,26-/m1/s1. The smallest absolute Gasteiger partial charge is 0.224 e. The lowest BCUT2D eigenvalue weighted by atomic mass is 9.89. The Morgan fingerprint density at radius 3 is 1.52 bits per heavy atom. The van der Waals surface area contributed by atoms with E-state index in [1.807, 2.05) is 0 Å². The summed E-state index contributed by atoms with van der Waals surface area (Å²) in [5, 5.41) is 4.82. The monoisotopic (exact) mass is 380 g/mol. The first kappa shape index (κ1) is 17.2. The Labute approximate surface area is 171 Å². The van der Waals surface area contributed by atoms with Gasteiger partial charge in [0.05, 0.1) is 12.2 Å². The topological polar surface area (TPSA) is 18.5 Å². The van der Waals surface area contributed by atoms with Crippen LogP contribution < -0.4 is 0 Å². The van der Waals surface area contributed by atoms with Crippen LogP contribution in [0.4, 0.5) is 0 Å². The SMILES string of the molecule is c1ccc2c(C3(c4cccc5ccccc45)O[C@@H]4CCCC[C@H]4O3)cccc2c1. The summed E-state index contributed by atoms with van der Waals surface area (Å²) < 4.78 is 13.8. The molecular weight excluding hydrogens is 356 g/mol. The molecule has 0 unspecified atom stereocenters. The van der Waals surface area contributed by atoms with E-state index >= 15 is 0 Å². The molecule has 29 heavy (non-hydrogen) atoms. The quantitative estimate of drug-likeness (QED) is 0.392. The Bertz CT molecular complexity index is 1090. The van der Waals surface area contributed by atoms with Gasteiger partial charge in [0, 0.05) is 11.1 Å². The van der Waals surface area contributed by atoms with Crippen molar-refractivity contribution in [3.63, 3.8) is 0 Å². The maximum absolute atomic E-state index is 6.92. The minimum atomic E-state index is -0.874. The number of fused-ring (bicyclic) bond motifs is 3. The van der Waals surface area contributed by atoms with Crippen molar-refractivity contribution >= 4 is 21.5 Å². The summed E-state index contributed by atoms with van der Waals surface area (Å²) in [6.07, 6.45) is 4.88. The van der Waals surface area contributed by atoms with E-state index < -0.39 is 5.79 Å². The van der Waals surface area contributed by atoms with E-state index in [4.69, 9.17) is 9.47 Å². The van der Waals surface area contributed by atoms with Gasteiger partial charge in [0.2, 0.25) is 5.79 Å².